The first-order valence-electron chi connectivity index (χ1n) is 5.24. The van der Waals surface area contributed by atoms with Gasteiger partial charge in [0.15, 0.2) is 0 Å². The fourth-order valence-corrected chi connectivity index (χ4v) is 1.98. The first kappa shape index (κ1) is 12.0. The number of hydrogen-bond acceptors (Lipinski definition) is 2. The van der Waals surface area contributed by atoms with Gasteiger partial charge < -0.3 is 4.90 Å². The topological polar surface area (TPSA) is 16.1 Å². The molecular weight excluding hydrogens is 283 g/mol. The number of benzene rings is 1. The molecule has 1 aromatic carbocycles. The number of halogens is 2. The van der Waals surface area contributed by atoms with Crippen molar-refractivity contribution in [2.24, 2.45) is 0 Å². The molecule has 0 aliphatic carbocycles. The van der Waals surface area contributed by atoms with Crippen LogP contribution >= 0.6 is 15.9 Å². The molecule has 2 rings (SSSR count). The molecule has 2 aromatic rings. The van der Waals surface area contributed by atoms with Crippen LogP contribution in [0.4, 0.5) is 10.2 Å². The lowest BCUT2D eigenvalue weighted by atomic mass is 10.2. The number of hydrogen-bond donors (Lipinski definition) is 0. The van der Waals surface area contributed by atoms with Crippen molar-refractivity contribution >= 4 is 21.7 Å². The SMILES string of the molecule is CN(Cc1ccccc1Br)c1cccc(F)n1. The molecule has 0 radical (unpaired) electrons. The van der Waals surface area contributed by atoms with Crippen LogP contribution in [0.1, 0.15) is 5.56 Å². The lowest BCUT2D eigenvalue weighted by molar-refractivity contribution is 0.582. The smallest absolute Gasteiger partial charge is 0.214 e. The summed E-state index contributed by atoms with van der Waals surface area (Å²) in [6.07, 6.45) is 0. The first-order valence-corrected chi connectivity index (χ1v) is 6.03. The van der Waals surface area contributed by atoms with E-state index in [2.05, 4.69) is 20.9 Å². The lowest BCUT2D eigenvalue weighted by Gasteiger charge is -2.18. The summed E-state index contributed by atoms with van der Waals surface area (Å²) in [4.78, 5) is 5.75. The van der Waals surface area contributed by atoms with E-state index in [4.69, 9.17) is 0 Å². The van der Waals surface area contributed by atoms with Crippen molar-refractivity contribution < 1.29 is 4.39 Å². The number of aromatic nitrogens is 1. The summed E-state index contributed by atoms with van der Waals surface area (Å²) in [5.74, 6) is 0.169. The van der Waals surface area contributed by atoms with Gasteiger partial charge in [0.05, 0.1) is 0 Å². The second kappa shape index (κ2) is 5.27. The minimum Gasteiger partial charge on any atom is -0.355 e. The highest BCUT2D eigenvalue weighted by Crippen LogP contribution is 2.19. The predicted octanol–water partition coefficient (Wildman–Crippen LogP) is 3.62. The van der Waals surface area contributed by atoms with E-state index in [0.717, 1.165) is 10.0 Å². The Morgan fingerprint density at radius 3 is 2.65 bits per heavy atom. The number of nitrogens with zero attached hydrogens (tertiary/aromatic N) is 2. The normalized spacial score (nSPS) is 10.3. The average molecular weight is 295 g/mol. The van der Waals surface area contributed by atoms with Crippen molar-refractivity contribution in [3.8, 4) is 0 Å². The van der Waals surface area contributed by atoms with E-state index >= 15 is 0 Å². The van der Waals surface area contributed by atoms with Crippen molar-refractivity contribution in [3.63, 3.8) is 0 Å². The van der Waals surface area contributed by atoms with Crippen LogP contribution in [-0.2, 0) is 6.54 Å². The van der Waals surface area contributed by atoms with Gasteiger partial charge in [-0.15, -0.1) is 0 Å². The molecule has 17 heavy (non-hydrogen) atoms. The predicted molar refractivity (Wildman–Crippen MR) is 70.4 cm³/mol. The second-order valence-corrected chi connectivity index (χ2v) is 4.62. The highest BCUT2D eigenvalue weighted by atomic mass is 79.9. The van der Waals surface area contributed by atoms with Gasteiger partial charge in [0, 0.05) is 18.1 Å². The summed E-state index contributed by atoms with van der Waals surface area (Å²) in [5.41, 5.74) is 1.14. The second-order valence-electron chi connectivity index (χ2n) is 3.77. The summed E-state index contributed by atoms with van der Waals surface area (Å²) in [7, 11) is 1.89. The Bertz CT molecular complexity index is 516. The third-order valence-electron chi connectivity index (χ3n) is 2.46. The van der Waals surface area contributed by atoms with Crippen LogP contribution in [0.15, 0.2) is 46.9 Å². The fraction of sp³-hybridized carbons (Fsp3) is 0.154. The van der Waals surface area contributed by atoms with Gasteiger partial charge in [0.2, 0.25) is 5.95 Å². The Hall–Kier alpha value is -1.42. The lowest BCUT2D eigenvalue weighted by Crippen LogP contribution is -2.18. The zero-order valence-corrected chi connectivity index (χ0v) is 11.0. The van der Waals surface area contributed by atoms with Crippen molar-refractivity contribution in [2.45, 2.75) is 6.54 Å². The van der Waals surface area contributed by atoms with Crippen LogP contribution in [0.25, 0.3) is 0 Å². The van der Waals surface area contributed by atoms with Gasteiger partial charge in [-0.05, 0) is 23.8 Å². The minimum absolute atomic E-state index is 0.457. The molecule has 88 valence electrons. The van der Waals surface area contributed by atoms with Crippen LogP contribution in [0, 0.1) is 5.95 Å². The van der Waals surface area contributed by atoms with E-state index < -0.39 is 5.95 Å². The standard InChI is InChI=1S/C13H12BrFN2/c1-17(13-8-4-7-12(15)16-13)9-10-5-2-3-6-11(10)14/h2-8H,9H2,1H3. The first-order chi connectivity index (χ1) is 8.16. The molecule has 0 amide bonds. The molecule has 0 saturated heterocycles. The van der Waals surface area contributed by atoms with Crippen molar-refractivity contribution in [3.05, 3.63) is 58.4 Å². The third-order valence-corrected chi connectivity index (χ3v) is 3.23. The Kier molecular flexibility index (Phi) is 3.74. The Morgan fingerprint density at radius 1 is 1.18 bits per heavy atom. The van der Waals surface area contributed by atoms with Gasteiger partial charge in [0.25, 0.3) is 0 Å². The molecule has 1 heterocycles. The average Bonchev–Trinajstić information content (AvgIpc) is 2.32. The minimum atomic E-state index is -0.457. The molecule has 0 saturated carbocycles. The summed E-state index contributed by atoms with van der Waals surface area (Å²) in [6.45, 7) is 0.678. The molecule has 0 aliphatic heterocycles. The van der Waals surface area contributed by atoms with E-state index in [1.807, 2.05) is 36.2 Å². The molecule has 0 N–H and O–H groups in total. The summed E-state index contributed by atoms with van der Waals surface area (Å²) < 4.78 is 14.0. The highest BCUT2D eigenvalue weighted by molar-refractivity contribution is 9.10. The maximum absolute atomic E-state index is 13.0. The van der Waals surface area contributed by atoms with E-state index in [-0.39, 0.29) is 0 Å². The highest BCUT2D eigenvalue weighted by Gasteiger charge is 2.06. The Labute approximate surface area is 108 Å². The van der Waals surface area contributed by atoms with E-state index in [9.17, 15) is 4.39 Å². The molecule has 1 aromatic heterocycles. The molecule has 0 spiro atoms. The van der Waals surface area contributed by atoms with Crippen molar-refractivity contribution in [1.29, 1.82) is 0 Å². The van der Waals surface area contributed by atoms with Gasteiger partial charge >= 0.3 is 0 Å². The third kappa shape index (κ3) is 3.03. The summed E-state index contributed by atoms with van der Waals surface area (Å²) in [6, 6.07) is 12.8. The Balaban J connectivity index is 2.17. The molecule has 0 aliphatic rings. The molecule has 0 unspecified atom stereocenters. The number of pyridine rings is 1. The van der Waals surface area contributed by atoms with Crippen LogP contribution in [0.2, 0.25) is 0 Å². The monoisotopic (exact) mass is 294 g/mol. The number of anilines is 1. The summed E-state index contributed by atoms with van der Waals surface area (Å²) in [5, 5.41) is 0. The molecule has 2 nitrogen and oxygen atoms in total. The molecule has 0 bridgehead atoms. The Morgan fingerprint density at radius 2 is 1.94 bits per heavy atom. The largest absolute Gasteiger partial charge is 0.355 e. The zero-order valence-electron chi connectivity index (χ0n) is 9.40. The van der Waals surface area contributed by atoms with E-state index in [0.29, 0.717) is 12.4 Å². The van der Waals surface area contributed by atoms with Crippen molar-refractivity contribution in [1.82, 2.24) is 4.98 Å². The van der Waals surface area contributed by atoms with Crippen LogP contribution in [0.5, 0.6) is 0 Å². The molecule has 0 fully saturated rings. The van der Waals surface area contributed by atoms with Gasteiger partial charge in [-0.25, -0.2) is 4.98 Å². The van der Waals surface area contributed by atoms with Crippen LogP contribution in [-0.4, -0.2) is 12.0 Å². The van der Waals surface area contributed by atoms with Gasteiger partial charge in [-0.3, -0.25) is 0 Å². The quantitative estimate of drug-likeness (QED) is 0.804. The molecule has 0 atom stereocenters. The van der Waals surface area contributed by atoms with Gasteiger partial charge in [0.1, 0.15) is 5.82 Å². The van der Waals surface area contributed by atoms with Gasteiger partial charge in [-0.2, -0.15) is 4.39 Å². The number of rotatable bonds is 3. The van der Waals surface area contributed by atoms with E-state index in [1.165, 1.54) is 6.07 Å². The van der Waals surface area contributed by atoms with E-state index in [1.54, 1.807) is 12.1 Å². The zero-order chi connectivity index (χ0) is 12.3. The summed E-state index contributed by atoms with van der Waals surface area (Å²) >= 11 is 3.49. The maximum Gasteiger partial charge on any atom is 0.214 e. The van der Waals surface area contributed by atoms with Gasteiger partial charge in [-0.1, -0.05) is 40.2 Å². The van der Waals surface area contributed by atoms with Crippen LogP contribution < -0.4 is 4.90 Å². The van der Waals surface area contributed by atoms with Crippen LogP contribution in [0.3, 0.4) is 0 Å². The molecular formula is C13H12BrFN2. The maximum atomic E-state index is 13.0. The molecule has 4 heteroatoms. The fourth-order valence-electron chi connectivity index (χ4n) is 1.57. The van der Waals surface area contributed by atoms with Crippen molar-refractivity contribution in [2.75, 3.05) is 11.9 Å².